The molecular weight excluding hydrogens is 285 g/mol. The molecule has 1 atom stereocenters. The van der Waals surface area contributed by atoms with Gasteiger partial charge in [-0.1, -0.05) is 17.7 Å². The highest BCUT2D eigenvalue weighted by atomic mass is 35.5. The third-order valence-electron chi connectivity index (χ3n) is 3.37. The molecule has 0 aliphatic carbocycles. The van der Waals surface area contributed by atoms with Crippen molar-refractivity contribution >= 4 is 35.3 Å². The van der Waals surface area contributed by atoms with Gasteiger partial charge in [0, 0.05) is 16.4 Å². The molecule has 0 saturated heterocycles. The maximum absolute atomic E-state index is 6.12. The smallest absolute Gasteiger partial charge is 0.0590 e. The Morgan fingerprint density at radius 1 is 1.28 bits per heavy atom. The van der Waals surface area contributed by atoms with Crippen LogP contribution in [0.25, 0.3) is 0 Å². The third-order valence-corrected chi connectivity index (χ3v) is 4.47. The molecule has 0 bridgehead atoms. The molecule has 0 unspecified atom stereocenters. The van der Waals surface area contributed by atoms with Gasteiger partial charge in [0.05, 0.1) is 6.04 Å². The summed E-state index contributed by atoms with van der Waals surface area (Å²) in [5.41, 5.74) is 4.15. The van der Waals surface area contributed by atoms with Crippen LogP contribution < -0.4 is 5.32 Å². The van der Waals surface area contributed by atoms with Crippen molar-refractivity contribution in [2.24, 2.45) is 0 Å². The van der Waals surface area contributed by atoms with Gasteiger partial charge in [-0.25, -0.2) is 0 Å². The molecule has 0 spiro atoms. The molecule has 0 radical (unpaired) electrons. The predicted molar refractivity (Wildman–Crippen MR) is 81.3 cm³/mol. The molecular formula is C14H15Cl2NS. The molecule has 4 heteroatoms. The first kappa shape index (κ1) is 13.9. The second kappa shape index (κ2) is 5.62. The van der Waals surface area contributed by atoms with Gasteiger partial charge in [0.15, 0.2) is 0 Å². The molecule has 18 heavy (non-hydrogen) atoms. The van der Waals surface area contributed by atoms with E-state index in [0.29, 0.717) is 6.04 Å². The second-order valence-corrected chi connectivity index (χ2v) is 5.97. The molecule has 1 aliphatic heterocycles. The Labute approximate surface area is 123 Å². The lowest BCUT2D eigenvalue weighted by Gasteiger charge is -2.27. The average Bonchev–Trinajstić information content (AvgIpc) is 2.74. The van der Waals surface area contributed by atoms with Crippen molar-refractivity contribution in [3.63, 3.8) is 0 Å². The molecule has 3 rings (SSSR count). The van der Waals surface area contributed by atoms with Gasteiger partial charge in [-0.15, -0.1) is 23.7 Å². The lowest BCUT2D eigenvalue weighted by Crippen LogP contribution is -2.30. The minimum Gasteiger partial charge on any atom is -0.306 e. The Morgan fingerprint density at radius 2 is 2.11 bits per heavy atom. The summed E-state index contributed by atoms with van der Waals surface area (Å²) in [5.74, 6) is 0. The lowest BCUT2D eigenvalue weighted by molar-refractivity contribution is 0.567. The van der Waals surface area contributed by atoms with Gasteiger partial charge >= 0.3 is 0 Å². The fraction of sp³-hybridized carbons (Fsp3) is 0.286. The largest absolute Gasteiger partial charge is 0.306 e. The molecule has 96 valence electrons. The van der Waals surface area contributed by atoms with Crippen LogP contribution in [0.3, 0.4) is 0 Å². The third kappa shape index (κ3) is 2.43. The SMILES string of the molecule is Cc1sccc1[C@@H]1NCCc2ccc(Cl)cc21.Cl. The van der Waals surface area contributed by atoms with Crippen LogP contribution in [0.1, 0.15) is 27.6 Å². The van der Waals surface area contributed by atoms with Crippen LogP contribution in [0.15, 0.2) is 29.6 Å². The van der Waals surface area contributed by atoms with Crippen molar-refractivity contribution in [2.45, 2.75) is 19.4 Å². The van der Waals surface area contributed by atoms with Crippen molar-refractivity contribution in [3.05, 3.63) is 56.2 Å². The minimum atomic E-state index is 0. The van der Waals surface area contributed by atoms with E-state index in [1.807, 2.05) is 6.07 Å². The lowest BCUT2D eigenvalue weighted by atomic mass is 9.90. The minimum absolute atomic E-state index is 0. The first-order valence-corrected chi connectivity index (χ1v) is 7.07. The standard InChI is InChI=1S/C14H14ClNS.ClH/c1-9-12(5-7-17-9)14-13-8-11(15)3-2-10(13)4-6-16-14;/h2-3,5,7-8,14,16H,4,6H2,1H3;1H/t14-;/m0./s1. The zero-order chi connectivity index (χ0) is 11.8. The molecule has 1 aliphatic rings. The molecule has 0 amide bonds. The van der Waals surface area contributed by atoms with E-state index in [-0.39, 0.29) is 12.4 Å². The molecule has 1 N–H and O–H groups in total. The molecule has 0 fully saturated rings. The zero-order valence-corrected chi connectivity index (χ0v) is 12.5. The van der Waals surface area contributed by atoms with E-state index in [0.717, 1.165) is 18.0 Å². The Kier molecular flexibility index (Phi) is 4.33. The summed E-state index contributed by atoms with van der Waals surface area (Å²) >= 11 is 7.92. The van der Waals surface area contributed by atoms with Crippen molar-refractivity contribution in [2.75, 3.05) is 6.54 Å². The summed E-state index contributed by atoms with van der Waals surface area (Å²) in [6.45, 7) is 3.22. The van der Waals surface area contributed by atoms with E-state index in [1.54, 1.807) is 11.3 Å². The average molecular weight is 300 g/mol. The Hall–Kier alpha value is -0.540. The Balaban J connectivity index is 0.00000120. The maximum atomic E-state index is 6.12. The van der Waals surface area contributed by atoms with Crippen LogP contribution in [0.5, 0.6) is 0 Å². The van der Waals surface area contributed by atoms with Crippen molar-refractivity contribution in [3.8, 4) is 0 Å². The number of hydrogen-bond donors (Lipinski definition) is 1. The van der Waals surface area contributed by atoms with E-state index in [9.17, 15) is 0 Å². The number of benzene rings is 1. The van der Waals surface area contributed by atoms with Gasteiger partial charge in [0.2, 0.25) is 0 Å². The van der Waals surface area contributed by atoms with Crippen LogP contribution >= 0.6 is 35.3 Å². The predicted octanol–water partition coefficient (Wildman–Crippen LogP) is 4.37. The molecule has 0 saturated carbocycles. The van der Waals surface area contributed by atoms with E-state index in [2.05, 4.69) is 35.8 Å². The summed E-state index contributed by atoms with van der Waals surface area (Å²) in [7, 11) is 0. The van der Waals surface area contributed by atoms with Crippen molar-refractivity contribution in [1.82, 2.24) is 5.32 Å². The van der Waals surface area contributed by atoms with E-state index < -0.39 is 0 Å². The van der Waals surface area contributed by atoms with Crippen LogP contribution in [0.2, 0.25) is 5.02 Å². The number of hydrogen-bond acceptors (Lipinski definition) is 2. The zero-order valence-electron chi connectivity index (χ0n) is 10.1. The summed E-state index contributed by atoms with van der Waals surface area (Å²) < 4.78 is 0. The van der Waals surface area contributed by atoms with Gasteiger partial charge in [0.1, 0.15) is 0 Å². The number of rotatable bonds is 1. The normalized spacial score (nSPS) is 18.0. The fourth-order valence-corrected chi connectivity index (χ4v) is 3.42. The monoisotopic (exact) mass is 299 g/mol. The van der Waals surface area contributed by atoms with Crippen molar-refractivity contribution in [1.29, 1.82) is 0 Å². The Bertz CT molecular complexity index is 550. The second-order valence-electron chi connectivity index (χ2n) is 4.41. The summed E-state index contributed by atoms with van der Waals surface area (Å²) in [4.78, 5) is 1.38. The van der Waals surface area contributed by atoms with Gasteiger partial charge < -0.3 is 5.32 Å². The van der Waals surface area contributed by atoms with Gasteiger partial charge in [-0.3, -0.25) is 0 Å². The molecule has 2 heterocycles. The summed E-state index contributed by atoms with van der Waals surface area (Å²) in [5, 5.41) is 6.58. The van der Waals surface area contributed by atoms with Gasteiger partial charge in [-0.2, -0.15) is 0 Å². The quantitative estimate of drug-likeness (QED) is 0.825. The number of fused-ring (bicyclic) bond motifs is 1. The highest BCUT2D eigenvalue weighted by Gasteiger charge is 2.23. The number of halogens is 2. The van der Waals surface area contributed by atoms with Crippen LogP contribution in [-0.2, 0) is 6.42 Å². The van der Waals surface area contributed by atoms with E-state index >= 15 is 0 Å². The summed E-state index contributed by atoms with van der Waals surface area (Å²) in [6.07, 6.45) is 1.09. The van der Waals surface area contributed by atoms with Gasteiger partial charge in [0.25, 0.3) is 0 Å². The number of aryl methyl sites for hydroxylation is 1. The van der Waals surface area contributed by atoms with Crippen LogP contribution in [0.4, 0.5) is 0 Å². The number of nitrogens with one attached hydrogen (secondary N) is 1. The molecule has 1 aromatic heterocycles. The van der Waals surface area contributed by atoms with Gasteiger partial charge in [-0.05, 0) is 53.6 Å². The fourth-order valence-electron chi connectivity index (χ4n) is 2.50. The van der Waals surface area contributed by atoms with Crippen LogP contribution in [-0.4, -0.2) is 6.54 Å². The molecule has 2 aromatic rings. The molecule has 1 aromatic carbocycles. The van der Waals surface area contributed by atoms with Crippen LogP contribution in [0, 0.1) is 6.92 Å². The van der Waals surface area contributed by atoms with Crippen molar-refractivity contribution < 1.29 is 0 Å². The van der Waals surface area contributed by atoms with E-state index in [4.69, 9.17) is 11.6 Å². The molecule has 1 nitrogen and oxygen atoms in total. The van der Waals surface area contributed by atoms with E-state index in [1.165, 1.54) is 21.6 Å². The number of thiophene rings is 1. The topological polar surface area (TPSA) is 12.0 Å². The maximum Gasteiger partial charge on any atom is 0.0590 e. The Morgan fingerprint density at radius 3 is 2.83 bits per heavy atom. The first-order chi connectivity index (χ1) is 8.25. The first-order valence-electron chi connectivity index (χ1n) is 5.81. The highest BCUT2D eigenvalue weighted by Crippen LogP contribution is 2.33. The summed E-state index contributed by atoms with van der Waals surface area (Å²) in [6, 6.07) is 8.78. The highest BCUT2D eigenvalue weighted by molar-refractivity contribution is 7.10.